The van der Waals surface area contributed by atoms with E-state index in [1.165, 1.54) is 18.2 Å². The lowest BCUT2D eigenvalue weighted by Gasteiger charge is -2.09. The lowest BCUT2D eigenvalue weighted by atomic mass is 10.1. The molecule has 0 bridgehead atoms. The largest absolute Gasteiger partial charge is 0.508 e. The molecule has 0 aromatic heterocycles. The van der Waals surface area contributed by atoms with Gasteiger partial charge in [-0.25, -0.2) is 8.78 Å². The predicted octanol–water partition coefficient (Wildman–Crippen LogP) is 3.16. The molecule has 0 unspecified atom stereocenters. The third kappa shape index (κ3) is 2.80. The molecule has 20 heavy (non-hydrogen) atoms. The molecule has 2 aromatic rings. The van der Waals surface area contributed by atoms with Crippen LogP contribution in [0.25, 0.3) is 0 Å². The topological polar surface area (TPSA) is 75.3 Å². The monoisotopic (exact) mass is 298 g/mol. The van der Waals surface area contributed by atoms with Crippen molar-refractivity contribution in [2.24, 2.45) is 0 Å². The van der Waals surface area contributed by atoms with Crippen LogP contribution in [0, 0.1) is 11.6 Å². The first-order valence-electron chi connectivity index (χ1n) is 5.43. The molecule has 0 saturated heterocycles. The van der Waals surface area contributed by atoms with Crippen molar-refractivity contribution < 1.29 is 18.7 Å². The van der Waals surface area contributed by atoms with Gasteiger partial charge in [0.25, 0.3) is 5.91 Å². The minimum atomic E-state index is -0.953. The second kappa shape index (κ2) is 5.34. The lowest BCUT2D eigenvalue weighted by Crippen LogP contribution is -2.15. The summed E-state index contributed by atoms with van der Waals surface area (Å²) in [5, 5.41) is 11.1. The van der Waals surface area contributed by atoms with Crippen molar-refractivity contribution in [2.75, 3.05) is 11.1 Å². The molecule has 0 heterocycles. The Labute approximate surface area is 117 Å². The van der Waals surface area contributed by atoms with Crippen LogP contribution in [-0.2, 0) is 0 Å². The molecule has 0 spiro atoms. The van der Waals surface area contributed by atoms with Crippen molar-refractivity contribution in [3.63, 3.8) is 0 Å². The Bertz CT molecular complexity index is 692. The molecule has 4 nitrogen and oxygen atoms in total. The number of anilines is 2. The van der Waals surface area contributed by atoms with Crippen LogP contribution in [0.2, 0.25) is 5.02 Å². The molecule has 0 aliphatic rings. The van der Waals surface area contributed by atoms with E-state index in [0.29, 0.717) is 12.1 Å². The lowest BCUT2D eigenvalue weighted by molar-refractivity contribution is 0.102. The summed E-state index contributed by atoms with van der Waals surface area (Å²) >= 11 is 5.40. The Balaban J connectivity index is 2.31. The maximum absolute atomic E-state index is 13.6. The van der Waals surface area contributed by atoms with E-state index >= 15 is 0 Å². The SMILES string of the molecule is Nc1cc(O)ccc1NC(=O)c1cc(F)c(Cl)cc1F. The van der Waals surface area contributed by atoms with Crippen molar-refractivity contribution in [2.45, 2.75) is 0 Å². The van der Waals surface area contributed by atoms with E-state index in [2.05, 4.69) is 5.32 Å². The van der Waals surface area contributed by atoms with Crippen molar-refractivity contribution in [1.82, 2.24) is 0 Å². The number of nitrogen functional groups attached to an aromatic ring is 1. The molecule has 0 fully saturated rings. The van der Waals surface area contributed by atoms with Gasteiger partial charge in [-0.05, 0) is 24.3 Å². The maximum atomic E-state index is 13.6. The first-order valence-corrected chi connectivity index (χ1v) is 5.80. The van der Waals surface area contributed by atoms with Gasteiger partial charge >= 0.3 is 0 Å². The highest BCUT2D eigenvalue weighted by Gasteiger charge is 2.16. The average Bonchev–Trinajstić information content (AvgIpc) is 2.37. The quantitative estimate of drug-likeness (QED) is 0.453. The minimum absolute atomic E-state index is 0.0794. The summed E-state index contributed by atoms with van der Waals surface area (Å²) in [6.45, 7) is 0. The molecule has 7 heteroatoms. The van der Waals surface area contributed by atoms with Crippen molar-refractivity contribution in [3.05, 3.63) is 52.6 Å². The van der Waals surface area contributed by atoms with Crippen molar-refractivity contribution in [1.29, 1.82) is 0 Å². The third-order valence-corrected chi connectivity index (χ3v) is 2.83. The summed E-state index contributed by atoms with van der Waals surface area (Å²) in [7, 11) is 0. The normalized spacial score (nSPS) is 10.3. The number of hydrogen-bond donors (Lipinski definition) is 3. The summed E-state index contributed by atoms with van der Waals surface area (Å²) in [5.41, 5.74) is 5.34. The van der Waals surface area contributed by atoms with Gasteiger partial charge in [-0.2, -0.15) is 0 Å². The molecule has 4 N–H and O–H groups in total. The van der Waals surface area contributed by atoms with Crippen LogP contribution in [-0.4, -0.2) is 11.0 Å². The summed E-state index contributed by atoms with van der Waals surface area (Å²) < 4.78 is 26.8. The Kier molecular flexibility index (Phi) is 3.76. The van der Waals surface area contributed by atoms with Crippen LogP contribution in [0.5, 0.6) is 5.75 Å². The highest BCUT2D eigenvalue weighted by Crippen LogP contribution is 2.25. The number of phenolic OH excluding ortho intramolecular Hbond substituents is 1. The highest BCUT2D eigenvalue weighted by atomic mass is 35.5. The fraction of sp³-hybridized carbons (Fsp3) is 0. The summed E-state index contributed by atoms with van der Waals surface area (Å²) in [6, 6.07) is 5.27. The van der Waals surface area contributed by atoms with E-state index < -0.39 is 28.1 Å². The van der Waals surface area contributed by atoms with Gasteiger partial charge in [0.15, 0.2) is 0 Å². The van der Waals surface area contributed by atoms with Gasteiger partial charge in [-0.3, -0.25) is 4.79 Å². The second-order valence-electron chi connectivity index (χ2n) is 3.97. The zero-order valence-electron chi connectivity index (χ0n) is 9.95. The standard InChI is InChI=1S/C13H9ClF2N2O2/c14-8-5-9(15)7(4-10(8)16)13(20)18-12-2-1-6(19)3-11(12)17/h1-5,19H,17H2,(H,18,20). The number of carbonyl (C=O) groups is 1. The van der Waals surface area contributed by atoms with E-state index in [4.69, 9.17) is 17.3 Å². The Morgan fingerprint density at radius 3 is 2.55 bits per heavy atom. The minimum Gasteiger partial charge on any atom is -0.508 e. The van der Waals surface area contributed by atoms with Crippen LogP contribution >= 0.6 is 11.6 Å². The number of rotatable bonds is 2. The highest BCUT2D eigenvalue weighted by molar-refractivity contribution is 6.30. The second-order valence-corrected chi connectivity index (χ2v) is 4.38. The van der Waals surface area contributed by atoms with Crippen molar-refractivity contribution in [3.8, 4) is 5.75 Å². The number of carbonyl (C=O) groups excluding carboxylic acids is 1. The fourth-order valence-electron chi connectivity index (χ4n) is 1.55. The van der Waals surface area contributed by atoms with Crippen LogP contribution in [0.3, 0.4) is 0 Å². The van der Waals surface area contributed by atoms with Gasteiger partial charge in [0.2, 0.25) is 0 Å². The molecule has 0 aliphatic carbocycles. The Morgan fingerprint density at radius 1 is 1.20 bits per heavy atom. The van der Waals surface area contributed by atoms with Crippen LogP contribution in [0.15, 0.2) is 30.3 Å². The molecule has 104 valence electrons. The van der Waals surface area contributed by atoms with E-state index in [0.717, 1.165) is 0 Å². The van der Waals surface area contributed by atoms with Crippen LogP contribution in [0.1, 0.15) is 10.4 Å². The number of phenols is 1. The van der Waals surface area contributed by atoms with Gasteiger partial charge in [-0.1, -0.05) is 11.6 Å². The molecule has 0 atom stereocenters. The summed E-state index contributed by atoms with van der Waals surface area (Å²) in [5.74, 6) is -2.82. The Morgan fingerprint density at radius 2 is 1.90 bits per heavy atom. The van der Waals surface area contributed by atoms with Gasteiger partial charge in [0.05, 0.1) is 22.0 Å². The first kappa shape index (κ1) is 14.1. The molecule has 2 rings (SSSR count). The number of nitrogens with one attached hydrogen (secondary N) is 1. The average molecular weight is 299 g/mol. The summed E-state index contributed by atoms with van der Waals surface area (Å²) in [6.07, 6.45) is 0. The number of nitrogens with two attached hydrogens (primary N) is 1. The molecule has 0 aliphatic heterocycles. The molecule has 1 amide bonds. The summed E-state index contributed by atoms with van der Waals surface area (Å²) in [4.78, 5) is 11.9. The first-order chi connectivity index (χ1) is 9.38. The predicted molar refractivity (Wildman–Crippen MR) is 71.8 cm³/mol. The van der Waals surface area contributed by atoms with E-state index in [1.807, 2.05) is 0 Å². The van der Waals surface area contributed by atoms with Crippen molar-refractivity contribution >= 4 is 28.9 Å². The number of hydrogen-bond acceptors (Lipinski definition) is 3. The van der Waals surface area contributed by atoms with Gasteiger partial charge < -0.3 is 16.2 Å². The number of benzene rings is 2. The maximum Gasteiger partial charge on any atom is 0.258 e. The molecule has 2 aromatic carbocycles. The van der Waals surface area contributed by atoms with Crippen LogP contribution in [0.4, 0.5) is 20.2 Å². The van der Waals surface area contributed by atoms with E-state index in [9.17, 15) is 18.7 Å². The van der Waals surface area contributed by atoms with E-state index in [1.54, 1.807) is 0 Å². The number of halogens is 3. The van der Waals surface area contributed by atoms with Gasteiger partial charge in [-0.15, -0.1) is 0 Å². The molecular formula is C13H9ClF2N2O2. The van der Waals surface area contributed by atoms with E-state index in [-0.39, 0.29) is 17.1 Å². The molecular weight excluding hydrogens is 290 g/mol. The van der Waals surface area contributed by atoms with Crippen LogP contribution < -0.4 is 11.1 Å². The fourth-order valence-corrected chi connectivity index (χ4v) is 1.70. The third-order valence-electron chi connectivity index (χ3n) is 2.54. The number of amides is 1. The Hall–Kier alpha value is -2.34. The smallest absolute Gasteiger partial charge is 0.258 e. The number of aromatic hydroxyl groups is 1. The van der Waals surface area contributed by atoms with Gasteiger partial charge in [0.1, 0.15) is 17.4 Å². The molecule has 0 radical (unpaired) electrons. The molecule has 0 saturated carbocycles. The van der Waals surface area contributed by atoms with Gasteiger partial charge in [0, 0.05) is 6.07 Å². The zero-order chi connectivity index (χ0) is 14.9. The zero-order valence-corrected chi connectivity index (χ0v) is 10.7.